The quantitative estimate of drug-likeness (QED) is 0.633. The molecule has 1 aromatic carbocycles. The number of amides is 1. The average molecular weight is 260 g/mol. The molecule has 2 atom stereocenters. The van der Waals surface area contributed by atoms with Gasteiger partial charge in [0.25, 0.3) is 5.91 Å². The van der Waals surface area contributed by atoms with Crippen molar-refractivity contribution in [1.82, 2.24) is 5.32 Å². The zero-order valence-corrected chi connectivity index (χ0v) is 11.9. The Balaban J connectivity index is 2.09. The average Bonchev–Trinajstić information content (AvgIpc) is 2.58. The summed E-state index contributed by atoms with van der Waals surface area (Å²) in [4.78, 5) is 12.4. The van der Waals surface area contributed by atoms with E-state index < -0.39 is 0 Å². The first-order valence-electron chi connectivity index (χ1n) is 7.25. The van der Waals surface area contributed by atoms with Crippen LogP contribution in [-0.4, -0.2) is 11.9 Å². The van der Waals surface area contributed by atoms with Crippen molar-refractivity contribution in [3.05, 3.63) is 29.3 Å². The second-order valence-electron chi connectivity index (χ2n) is 5.79. The summed E-state index contributed by atoms with van der Waals surface area (Å²) in [6.07, 6.45) is 6.05. The molecule has 3 nitrogen and oxygen atoms in total. The third kappa shape index (κ3) is 3.49. The van der Waals surface area contributed by atoms with Crippen LogP contribution >= 0.6 is 0 Å². The smallest absolute Gasteiger partial charge is 0.253 e. The molecule has 1 aliphatic rings. The zero-order chi connectivity index (χ0) is 13.8. The van der Waals surface area contributed by atoms with Crippen LogP contribution in [-0.2, 0) is 0 Å². The maximum absolute atomic E-state index is 12.4. The van der Waals surface area contributed by atoms with Crippen molar-refractivity contribution in [2.75, 3.05) is 5.73 Å². The van der Waals surface area contributed by atoms with Gasteiger partial charge in [-0.1, -0.05) is 37.8 Å². The fourth-order valence-corrected chi connectivity index (χ4v) is 2.82. The molecule has 1 aromatic rings. The van der Waals surface area contributed by atoms with Crippen molar-refractivity contribution in [3.63, 3.8) is 0 Å². The van der Waals surface area contributed by atoms with Crippen molar-refractivity contribution >= 4 is 11.6 Å². The zero-order valence-electron chi connectivity index (χ0n) is 11.9. The van der Waals surface area contributed by atoms with Crippen LogP contribution < -0.4 is 11.1 Å². The molecule has 0 spiro atoms. The Morgan fingerprint density at radius 3 is 2.79 bits per heavy atom. The lowest BCUT2D eigenvalue weighted by Gasteiger charge is -2.23. The minimum Gasteiger partial charge on any atom is -0.398 e. The molecule has 0 saturated heterocycles. The van der Waals surface area contributed by atoms with E-state index in [-0.39, 0.29) is 11.9 Å². The van der Waals surface area contributed by atoms with Gasteiger partial charge < -0.3 is 11.1 Å². The van der Waals surface area contributed by atoms with Crippen LogP contribution in [0.25, 0.3) is 0 Å². The van der Waals surface area contributed by atoms with Crippen LogP contribution in [0, 0.1) is 12.8 Å². The van der Waals surface area contributed by atoms with Gasteiger partial charge in [0.1, 0.15) is 0 Å². The van der Waals surface area contributed by atoms with Gasteiger partial charge in [0, 0.05) is 11.7 Å². The normalized spacial score (nSPS) is 23.7. The van der Waals surface area contributed by atoms with E-state index in [2.05, 4.69) is 12.2 Å². The SMILES string of the molecule is Cc1ccc(N)c(C(=O)NC2CCCCCC2C)c1. The summed E-state index contributed by atoms with van der Waals surface area (Å²) in [6, 6.07) is 5.89. The number of rotatable bonds is 2. The van der Waals surface area contributed by atoms with Crippen LogP contribution in [0.4, 0.5) is 5.69 Å². The first-order chi connectivity index (χ1) is 9.08. The predicted molar refractivity (Wildman–Crippen MR) is 79.1 cm³/mol. The third-order valence-corrected chi connectivity index (χ3v) is 4.13. The van der Waals surface area contributed by atoms with Crippen LogP contribution in [0.5, 0.6) is 0 Å². The number of anilines is 1. The monoisotopic (exact) mass is 260 g/mol. The standard InChI is InChI=1S/C16H24N2O/c1-11-8-9-14(17)13(10-11)16(19)18-15-7-5-3-4-6-12(15)2/h8-10,12,15H,3-7,17H2,1-2H3,(H,18,19). The second-order valence-corrected chi connectivity index (χ2v) is 5.79. The Hall–Kier alpha value is -1.51. The fraction of sp³-hybridized carbons (Fsp3) is 0.562. The molecule has 0 heterocycles. The summed E-state index contributed by atoms with van der Waals surface area (Å²) in [6.45, 7) is 4.21. The Bertz CT molecular complexity index is 456. The number of nitrogens with one attached hydrogen (secondary N) is 1. The highest BCUT2D eigenvalue weighted by Gasteiger charge is 2.22. The largest absolute Gasteiger partial charge is 0.398 e. The van der Waals surface area contributed by atoms with Gasteiger partial charge in [0.15, 0.2) is 0 Å². The fourth-order valence-electron chi connectivity index (χ4n) is 2.82. The maximum Gasteiger partial charge on any atom is 0.253 e. The summed E-state index contributed by atoms with van der Waals surface area (Å²) in [5.41, 5.74) is 8.13. The van der Waals surface area contributed by atoms with Crippen molar-refractivity contribution in [3.8, 4) is 0 Å². The van der Waals surface area contributed by atoms with E-state index in [0.717, 1.165) is 12.0 Å². The number of benzene rings is 1. The molecule has 3 N–H and O–H groups in total. The Kier molecular flexibility index (Phi) is 4.46. The molecule has 3 heteroatoms. The van der Waals surface area contributed by atoms with Crippen molar-refractivity contribution in [2.45, 2.75) is 52.0 Å². The molecule has 2 unspecified atom stereocenters. The Morgan fingerprint density at radius 2 is 2.00 bits per heavy atom. The highest BCUT2D eigenvalue weighted by atomic mass is 16.1. The summed E-state index contributed by atoms with van der Waals surface area (Å²) < 4.78 is 0. The highest BCUT2D eigenvalue weighted by Crippen LogP contribution is 2.23. The van der Waals surface area contributed by atoms with E-state index in [1.165, 1.54) is 25.7 Å². The molecule has 19 heavy (non-hydrogen) atoms. The van der Waals surface area contributed by atoms with Gasteiger partial charge in [-0.05, 0) is 37.8 Å². The number of nitrogens with two attached hydrogens (primary N) is 1. The molecule has 0 bridgehead atoms. The summed E-state index contributed by atoms with van der Waals surface area (Å²) in [7, 11) is 0. The lowest BCUT2D eigenvalue weighted by Crippen LogP contribution is -2.39. The van der Waals surface area contributed by atoms with Crippen LogP contribution in [0.2, 0.25) is 0 Å². The lowest BCUT2D eigenvalue weighted by molar-refractivity contribution is 0.0922. The molecule has 1 aliphatic carbocycles. The number of hydrogen-bond donors (Lipinski definition) is 2. The van der Waals surface area contributed by atoms with Gasteiger partial charge in [0.2, 0.25) is 0 Å². The molecule has 1 fully saturated rings. The van der Waals surface area contributed by atoms with Crippen LogP contribution in [0.3, 0.4) is 0 Å². The number of carbonyl (C=O) groups is 1. The Morgan fingerprint density at radius 1 is 1.26 bits per heavy atom. The number of carbonyl (C=O) groups excluding carboxylic acids is 1. The predicted octanol–water partition coefficient (Wildman–Crippen LogP) is 3.28. The first kappa shape index (κ1) is 13.9. The van der Waals surface area contributed by atoms with Gasteiger partial charge in [-0.2, -0.15) is 0 Å². The minimum absolute atomic E-state index is 0.0278. The molecule has 104 valence electrons. The van der Waals surface area contributed by atoms with E-state index in [1.807, 2.05) is 19.1 Å². The first-order valence-corrected chi connectivity index (χ1v) is 7.25. The molecule has 1 saturated carbocycles. The van der Waals surface area contributed by atoms with Gasteiger partial charge in [-0.15, -0.1) is 0 Å². The van der Waals surface area contributed by atoms with Crippen molar-refractivity contribution < 1.29 is 4.79 Å². The topological polar surface area (TPSA) is 55.1 Å². The van der Waals surface area contributed by atoms with Crippen molar-refractivity contribution in [2.24, 2.45) is 5.92 Å². The minimum atomic E-state index is -0.0278. The maximum atomic E-state index is 12.4. The van der Waals surface area contributed by atoms with Gasteiger partial charge in [-0.3, -0.25) is 4.79 Å². The Labute approximate surface area is 115 Å². The van der Waals surface area contributed by atoms with Gasteiger partial charge >= 0.3 is 0 Å². The molecular formula is C16H24N2O. The van der Waals surface area contributed by atoms with Crippen LogP contribution in [0.15, 0.2) is 18.2 Å². The molecule has 1 amide bonds. The summed E-state index contributed by atoms with van der Waals surface area (Å²) >= 11 is 0. The molecule has 2 rings (SSSR count). The van der Waals surface area contributed by atoms with Gasteiger partial charge in [0.05, 0.1) is 5.56 Å². The third-order valence-electron chi connectivity index (χ3n) is 4.13. The number of aryl methyl sites for hydroxylation is 1. The number of hydrogen-bond acceptors (Lipinski definition) is 2. The molecular weight excluding hydrogens is 236 g/mol. The van der Waals surface area contributed by atoms with E-state index in [0.29, 0.717) is 17.2 Å². The highest BCUT2D eigenvalue weighted by molar-refractivity contribution is 5.99. The van der Waals surface area contributed by atoms with Crippen LogP contribution in [0.1, 0.15) is 54.9 Å². The summed E-state index contributed by atoms with van der Waals surface area (Å²) in [5.74, 6) is 0.525. The second kappa shape index (κ2) is 6.09. The summed E-state index contributed by atoms with van der Waals surface area (Å²) in [5, 5.41) is 3.17. The van der Waals surface area contributed by atoms with E-state index >= 15 is 0 Å². The number of nitrogen functional groups attached to an aromatic ring is 1. The lowest BCUT2D eigenvalue weighted by atomic mass is 9.96. The van der Waals surface area contributed by atoms with Gasteiger partial charge in [-0.25, -0.2) is 0 Å². The van der Waals surface area contributed by atoms with E-state index in [9.17, 15) is 4.79 Å². The molecule has 0 aromatic heterocycles. The van der Waals surface area contributed by atoms with E-state index in [1.54, 1.807) is 6.07 Å². The molecule has 0 radical (unpaired) electrons. The van der Waals surface area contributed by atoms with Crippen molar-refractivity contribution in [1.29, 1.82) is 0 Å². The molecule has 0 aliphatic heterocycles. The van der Waals surface area contributed by atoms with E-state index in [4.69, 9.17) is 5.73 Å².